The molecule has 38 heavy (non-hydrogen) atoms. The predicted octanol–water partition coefficient (Wildman–Crippen LogP) is 6.82. The summed E-state index contributed by atoms with van der Waals surface area (Å²) in [5.74, 6) is 2.66. The molecule has 0 aliphatic carbocycles. The van der Waals surface area contributed by atoms with Crippen LogP contribution in [0.1, 0.15) is 36.5 Å². The van der Waals surface area contributed by atoms with Crippen molar-refractivity contribution in [3.8, 4) is 39.8 Å². The molecule has 4 aromatic carbocycles. The molecule has 0 spiro atoms. The lowest BCUT2D eigenvalue weighted by atomic mass is 9.90. The van der Waals surface area contributed by atoms with Crippen molar-refractivity contribution in [1.82, 2.24) is 20.6 Å². The summed E-state index contributed by atoms with van der Waals surface area (Å²) in [7, 11) is 1.67. The van der Waals surface area contributed by atoms with Crippen molar-refractivity contribution in [3.05, 3.63) is 108 Å². The smallest absolute Gasteiger partial charge is 0.208 e. The van der Waals surface area contributed by atoms with Gasteiger partial charge in [0.15, 0.2) is 0 Å². The first-order valence-electron chi connectivity index (χ1n) is 12.6. The molecule has 0 atom stereocenters. The third kappa shape index (κ3) is 5.37. The second-order valence-electron chi connectivity index (χ2n) is 9.18. The summed E-state index contributed by atoms with van der Waals surface area (Å²) in [6.45, 7) is 5.05. The van der Waals surface area contributed by atoms with Crippen LogP contribution in [0.4, 0.5) is 0 Å². The van der Waals surface area contributed by atoms with Crippen LogP contribution in [0.5, 0.6) is 17.2 Å². The van der Waals surface area contributed by atoms with Gasteiger partial charge in [0, 0.05) is 16.7 Å². The molecule has 192 valence electrons. The van der Waals surface area contributed by atoms with E-state index in [1.54, 1.807) is 7.11 Å². The largest absolute Gasteiger partial charge is 0.496 e. The monoisotopic (exact) mass is 506 g/mol. The highest BCUT2D eigenvalue weighted by atomic mass is 16.5. The first-order chi connectivity index (χ1) is 18.7. The molecule has 0 radical (unpaired) electrons. The summed E-state index contributed by atoms with van der Waals surface area (Å²) in [6, 6.07) is 30.1. The normalized spacial score (nSPS) is 10.9. The van der Waals surface area contributed by atoms with Gasteiger partial charge in [-0.25, -0.2) is 0 Å². The van der Waals surface area contributed by atoms with E-state index in [-0.39, 0.29) is 5.92 Å². The summed E-state index contributed by atoms with van der Waals surface area (Å²) in [5.41, 5.74) is 5.56. The molecule has 0 amide bonds. The van der Waals surface area contributed by atoms with Gasteiger partial charge in [-0.1, -0.05) is 92.7 Å². The van der Waals surface area contributed by atoms with E-state index in [2.05, 4.69) is 46.6 Å². The van der Waals surface area contributed by atoms with E-state index < -0.39 is 0 Å². The Labute approximate surface area is 222 Å². The van der Waals surface area contributed by atoms with Crippen molar-refractivity contribution < 1.29 is 14.2 Å². The van der Waals surface area contributed by atoms with Gasteiger partial charge >= 0.3 is 0 Å². The number of aromatic amines is 1. The van der Waals surface area contributed by atoms with Gasteiger partial charge in [0.25, 0.3) is 0 Å². The van der Waals surface area contributed by atoms with Crippen LogP contribution in [0.25, 0.3) is 22.5 Å². The molecule has 0 aliphatic heterocycles. The Morgan fingerprint density at radius 3 is 1.84 bits per heavy atom. The van der Waals surface area contributed by atoms with Gasteiger partial charge in [0.1, 0.15) is 30.5 Å². The molecule has 1 heterocycles. The lowest BCUT2D eigenvalue weighted by Crippen LogP contribution is -2.08. The van der Waals surface area contributed by atoms with Crippen LogP contribution in [0.3, 0.4) is 0 Å². The number of para-hydroxylation sites is 1. The number of ether oxygens (including phenoxy) is 3. The highest BCUT2D eigenvalue weighted by Gasteiger charge is 2.27. The minimum Gasteiger partial charge on any atom is -0.496 e. The maximum Gasteiger partial charge on any atom is 0.208 e. The van der Waals surface area contributed by atoms with Gasteiger partial charge in [0.2, 0.25) is 5.82 Å². The Hall–Kier alpha value is -4.65. The maximum absolute atomic E-state index is 6.63. The molecule has 7 nitrogen and oxygen atoms in total. The Kier molecular flexibility index (Phi) is 7.64. The van der Waals surface area contributed by atoms with E-state index in [1.165, 1.54) is 0 Å². The highest BCUT2D eigenvalue weighted by molar-refractivity contribution is 5.85. The van der Waals surface area contributed by atoms with Crippen molar-refractivity contribution in [2.75, 3.05) is 7.11 Å². The number of aromatic nitrogens is 4. The maximum atomic E-state index is 6.63. The first-order valence-corrected chi connectivity index (χ1v) is 12.6. The minimum atomic E-state index is 0.0619. The van der Waals surface area contributed by atoms with Gasteiger partial charge in [0.05, 0.1) is 12.7 Å². The van der Waals surface area contributed by atoms with Crippen LogP contribution in [-0.2, 0) is 13.2 Å². The molecular weight excluding hydrogens is 476 g/mol. The molecular formula is C31H30N4O3. The van der Waals surface area contributed by atoms with Gasteiger partial charge in [-0.15, -0.1) is 10.2 Å². The molecule has 0 unspecified atom stereocenters. The van der Waals surface area contributed by atoms with E-state index >= 15 is 0 Å². The van der Waals surface area contributed by atoms with Gasteiger partial charge < -0.3 is 14.2 Å². The highest BCUT2D eigenvalue weighted by Crippen LogP contribution is 2.49. The third-order valence-corrected chi connectivity index (χ3v) is 6.28. The number of nitrogens with one attached hydrogen (secondary N) is 1. The minimum absolute atomic E-state index is 0.0619. The first kappa shape index (κ1) is 25.0. The van der Waals surface area contributed by atoms with Crippen LogP contribution in [-0.4, -0.2) is 27.7 Å². The molecule has 0 saturated carbocycles. The predicted molar refractivity (Wildman–Crippen MR) is 147 cm³/mol. The molecule has 5 aromatic rings. The lowest BCUT2D eigenvalue weighted by molar-refractivity contribution is 0.283. The fraction of sp³-hybridized carbons (Fsp3) is 0.194. The number of hydrogen-bond donors (Lipinski definition) is 1. The summed E-state index contributed by atoms with van der Waals surface area (Å²) in [6.07, 6.45) is 0. The molecule has 5 rings (SSSR count). The van der Waals surface area contributed by atoms with E-state index in [9.17, 15) is 0 Å². The number of methoxy groups -OCH3 is 1. The average Bonchev–Trinajstić information content (AvgIpc) is 3.50. The molecule has 0 saturated heterocycles. The SMILES string of the molecule is COc1ccccc1-c1cc(-c2nn[nH]n2)c(OCc2ccccc2)c(C(C)C)c1OCc1ccccc1. The van der Waals surface area contributed by atoms with Gasteiger partial charge in [-0.2, -0.15) is 5.21 Å². The number of rotatable bonds is 10. The zero-order valence-corrected chi connectivity index (χ0v) is 21.7. The summed E-state index contributed by atoms with van der Waals surface area (Å²) < 4.78 is 18.9. The summed E-state index contributed by atoms with van der Waals surface area (Å²) >= 11 is 0. The number of H-pyrrole nitrogens is 1. The van der Waals surface area contributed by atoms with Crippen molar-refractivity contribution in [3.63, 3.8) is 0 Å². The fourth-order valence-electron chi connectivity index (χ4n) is 4.47. The van der Waals surface area contributed by atoms with E-state index in [0.717, 1.165) is 44.9 Å². The van der Waals surface area contributed by atoms with E-state index in [4.69, 9.17) is 14.2 Å². The van der Waals surface area contributed by atoms with Crippen LogP contribution in [0.2, 0.25) is 0 Å². The fourth-order valence-corrected chi connectivity index (χ4v) is 4.47. The van der Waals surface area contributed by atoms with Gasteiger partial charge in [-0.05, 0) is 34.4 Å². The Bertz CT molecular complexity index is 1470. The number of benzene rings is 4. The Morgan fingerprint density at radius 2 is 1.29 bits per heavy atom. The molecule has 1 aromatic heterocycles. The van der Waals surface area contributed by atoms with Crippen molar-refractivity contribution in [2.24, 2.45) is 0 Å². The Balaban J connectivity index is 1.72. The van der Waals surface area contributed by atoms with Crippen LogP contribution in [0, 0.1) is 0 Å². The second kappa shape index (κ2) is 11.6. The average molecular weight is 507 g/mol. The van der Waals surface area contributed by atoms with Crippen molar-refractivity contribution in [1.29, 1.82) is 0 Å². The van der Waals surface area contributed by atoms with Crippen LogP contribution < -0.4 is 14.2 Å². The quantitative estimate of drug-likeness (QED) is 0.224. The van der Waals surface area contributed by atoms with E-state index in [1.807, 2.05) is 78.9 Å². The van der Waals surface area contributed by atoms with Crippen molar-refractivity contribution in [2.45, 2.75) is 33.0 Å². The second-order valence-corrected chi connectivity index (χ2v) is 9.18. The van der Waals surface area contributed by atoms with Crippen molar-refractivity contribution >= 4 is 0 Å². The number of tetrazole rings is 1. The number of hydrogen-bond acceptors (Lipinski definition) is 6. The molecule has 1 N–H and O–H groups in total. The zero-order chi connectivity index (χ0) is 26.3. The molecule has 0 bridgehead atoms. The molecule has 7 heteroatoms. The zero-order valence-electron chi connectivity index (χ0n) is 21.7. The summed E-state index contributed by atoms with van der Waals surface area (Å²) in [4.78, 5) is 0. The third-order valence-electron chi connectivity index (χ3n) is 6.28. The molecule has 0 fully saturated rings. The standard InChI is InChI=1S/C31H30N4O3/c1-21(2)28-29(37-19-22-12-6-4-7-13-22)25(24-16-10-11-17-27(24)36-3)18-26(31-32-34-35-33-31)30(28)38-20-23-14-8-5-9-15-23/h4-18,21H,19-20H2,1-3H3,(H,32,33,34,35). The van der Waals surface area contributed by atoms with Crippen LogP contribution in [0.15, 0.2) is 91.0 Å². The van der Waals surface area contributed by atoms with Gasteiger partial charge in [-0.3, -0.25) is 0 Å². The van der Waals surface area contributed by atoms with Crippen LogP contribution >= 0.6 is 0 Å². The van der Waals surface area contributed by atoms with E-state index in [0.29, 0.717) is 24.8 Å². The molecule has 0 aliphatic rings. The number of nitrogens with zero attached hydrogens (tertiary/aromatic N) is 3. The summed E-state index contributed by atoms with van der Waals surface area (Å²) in [5, 5.41) is 15.0. The lowest BCUT2D eigenvalue weighted by Gasteiger charge is -2.24. The topological polar surface area (TPSA) is 82.2 Å². The Morgan fingerprint density at radius 1 is 0.711 bits per heavy atom.